The highest BCUT2D eigenvalue weighted by Crippen LogP contribution is 2.38. The van der Waals surface area contributed by atoms with Crippen LogP contribution < -0.4 is 4.74 Å². The fourth-order valence-electron chi connectivity index (χ4n) is 4.25. The first kappa shape index (κ1) is 25.7. The third kappa shape index (κ3) is 7.26. The Hall–Kier alpha value is -1.96. The number of alkyl halides is 2. The van der Waals surface area contributed by atoms with E-state index in [1.54, 1.807) is 0 Å². The summed E-state index contributed by atoms with van der Waals surface area (Å²) in [6.45, 7) is 7.64. The lowest BCUT2D eigenvalue weighted by molar-refractivity contribution is 0.276. The number of halogens is 2. The van der Waals surface area contributed by atoms with Crippen molar-refractivity contribution < 1.29 is 4.74 Å². The highest BCUT2D eigenvalue weighted by atomic mass is 35.5. The SMILES string of the molecule is CC(C)CCCC(C)CCOc1ccccc1-c1cc(CCl)c(-c2ccccc2)cc1CCl. The first-order valence-electron chi connectivity index (χ1n) is 12.1. The Balaban J connectivity index is 1.81. The number of ether oxygens (including phenoxy) is 1. The zero-order chi connectivity index (χ0) is 23.6. The van der Waals surface area contributed by atoms with Gasteiger partial charge in [-0.25, -0.2) is 0 Å². The molecule has 0 fully saturated rings. The summed E-state index contributed by atoms with van der Waals surface area (Å²) in [6.07, 6.45) is 4.93. The molecule has 0 aliphatic carbocycles. The van der Waals surface area contributed by atoms with Crippen LogP contribution in [0.3, 0.4) is 0 Å². The average molecular weight is 484 g/mol. The van der Waals surface area contributed by atoms with E-state index in [-0.39, 0.29) is 0 Å². The van der Waals surface area contributed by atoms with Crippen LogP contribution in [-0.2, 0) is 11.8 Å². The topological polar surface area (TPSA) is 9.23 Å². The maximum Gasteiger partial charge on any atom is 0.127 e. The van der Waals surface area contributed by atoms with Gasteiger partial charge in [-0.3, -0.25) is 0 Å². The van der Waals surface area contributed by atoms with Gasteiger partial charge in [0.15, 0.2) is 0 Å². The first-order valence-corrected chi connectivity index (χ1v) is 13.2. The minimum atomic E-state index is 0.430. The fraction of sp³-hybridized carbons (Fsp3) is 0.400. The molecule has 0 saturated carbocycles. The third-order valence-corrected chi connectivity index (χ3v) is 6.80. The smallest absolute Gasteiger partial charge is 0.127 e. The Morgan fingerprint density at radius 3 is 2.03 bits per heavy atom. The van der Waals surface area contributed by atoms with Crippen molar-refractivity contribution in [2.45, 2.75) is 58.2 Å². The van der Waals surface area contributed by atoms with Crippen molar-refractivity contribution in [1.29, 1.82) is 0 Å². The highest BCUT2D eigenvalue weighted by Gasteiger charge is 2.15. The summed E-state index contributed by atoms with van der Waals surface area (Å²) in [5.41, 5.74) is 6.65. The van der Waals surface area contributed by atoms with E-state index in [2.05, 4.69) is 75.4 Å². The van der Waals surface area contributed by atoms with Crippen LogP contribution in [0.2, 0.25) is 0 Å². The molecule has 3 heteroatoms. The lowest BCUT2D eigenvalue weighted by atomic mass is 9.91. The molecule has 176 valence electrons. The second-order valence-electron chi connectivity index (χ2n) is 9.36. The largest absolute Gasteiger partial charge is 0.493 e. The molecule has 1 unspecified atom stereocenters. The van der Waals surface area contributed by atoms with Gasteiger partial charge in [0.05, 0.1) is 6.61 Å². The summed E-state index contributed by atoms with van der Waals surface area (Å²) in [7, 11) is 0. The Morgan fingerprint density at radius 1 is 0.697 bits per heavy atom. The molecule has 3 aromatic carbocycles. The molecule has 0 aliphatic heterocycles. The summed E-state index contributed by atoms with van der Waals surface area (Å²) in [6, 6.07) is 23.0. The maximum atomic E-state index is 6.43. The second-order valence-corrected chi connectivity index (χ2v) is 9.90. The molecule has 0 heterocycles. The van der Waals surface area contributed by atoms with Crippen molar-refractivity contribution in [3.8, 4) is 28.0 Å². The van der Waals surface area contributed by atoms with Crippen LogP contribution in [0.5, 0.6) is 5.75 Å². The van der Waals surface area contributed by atoms with Crippen molar-refractivity contribution in [1.82, 2.24) is 0 Å². The molecule has 0 saturated heterocycles. The second kappa shape index (κ2) is 13.1. The van der Waals surface area contributed by atoms with Gasteiger partial charge < -0.3 is 4.74 Å². The van der Waals surface area contributed by atoms with Crippen molar-refractivity contribution in [2.75, 3.05) is 6.61 Å². The van der Waals surface area contributed by atoms with Crippen LogP contribution in [-0.4, -0.2) is 6.61 Å². The van der Waals surface area contributed by atoms with Crippen molar-refractivity contribution in [3.05, 3.63) is 77.9 Å². The van der Waals surface area contributed by atoms with Crippen molar-refractivity contribution in [2.24, 2.45) is 11.8 Å². The predicted octanol–water partition coefficient (Wildman–Crippen LogP) is 9.73. The molecule has 0 radical (unpaired) electrons. The number of hydrogen-bond acceptors (Lipinski definition) is 1. The number of benzene rings is 3. The standard InChI is InChI=1S/C30H36Cl2O/c1-22(2)10-9-11-23(3)16-17-33-30-15-8-7-14-27(30)29-19-25(20-31)28(18-26(29)21-32)24-12-5-4-6-13-24/h4-8,12-15,18-19,22-23H,9-11,16-17,20-21H2,1-3H3. The van der Waals surface area contributed by atoms with Gasteiger partial charge in [0.2, 0.25) is 0 Å². The van der Waals surface area contributed by atoms with E-state index in [0.717, 1.165) is 58.1 Å². The molecule has 0 aromatic heterocycles. The number of hydrogen-bond donors (Lipinski definition) is 0. The van der Waals surface area contributed by atoms with E-state index >= 15 is 0 Å². The Labute approximate surface area is 210 Å². The summed E-state index contributed by atoms with van der Waals surface area (Å²) < 4.78 is 6.30. The summed E-state index contributed by atoms with van der Waals surface area (Å²) >= 11 is 12.8. The number of rotatable bonds is 12. The normalized spacial score (nSPS) is 12.2. The van der Waals surface area contributed by atoms with Gasteiger partial charge in [-0.05, 0) is 64.3 Å². The molecule has 3 rings (SSSR count). The quantitative estimate of drug-likeness (QED) is 0.233. The van der Waals surface area contributed by atoms with Crippen molar-refractivity contribution in [3.63, 3.8) is 0 Å². The van der Waals surface area contributed by atoms with Gasteiger partial charge in [0.1, 0.15) is 5.75 Å². The van der Waals surface area contributed by atoms with E-state index < -0.39 is 0 Å². The van der Waals surface area contributed by atoms with E-state index in [0.29, 0.717) is 17.7 Å². The van der Waals surface area contributed by atoms with Gasteiger partial charge >= 0.3 is 0 Å². The highest BCUT2D eigenvalue weighted by molar-refractivity contribution is 6.18. The molecule has 1 atom stereocenters. The van der Waals surface area contributed by atoms with E-state index in [1.807, 2.05) is 12.1 Å². The molecule has 33 heavy (non-hydrogen) atoms. The minimum absolute atomic E-state index is 0.430. The van der Waals surface area contributed by atoms with E-state index in [9.17, 15) is 0 Å². The lowest BCUT2D eigenvalue weighted by Gasteiger charge is -2.18. The fourth-order valence-corrected chi connectivity index (χ4v) is 4.69. The van der Waals surface area contributed by atoms with Crippen LogP contribution in [0.15, 0.2) is 66.7 Å². The van der Waals surface area contributed by atoms with Gasteiger partial charge in [0, 0.05) is 17.3 Å². The monoisotopic (exact) mass is 482 g/mol. The van der Waals surface area contributed by atoms with Gasteiger partial charge in [-0.15, -0.1) is 23.2 Å². The predicted molar refractivity (Wildman–Crippen MR) is 144 cm³/mol. The first-order chi connectivity index (χ1) is 16.0. The van der Waals surface area contributed by atoms with Crippen LogP contribution in [0, 0.1) is 11.8 Å². The van der Waals surface area contributed by atoms with Crippen molar-refractivity contribution >= 4 is 23.2 Å². The molecule has 0 amide bonds. The average Bonchev–Trinajstić information content (AvgIpc) is 2.84. The van der Waals surface area contributed by atoms with Gasteiger partial charge in [-0.2, -0.15) is 0 Å². The molecule has 1 nitrogen and oxygen atoms in total. The molecule has 3 aromatic rings. The van der Waals surface area contributed by atoms with Crippen LogP contribution in [0.25, 0.3) is 22.3 Å². The Bertz CT molecular complexity index is 997. The zero-order valence-electron chi connectivity index (χ0n) is 20.1. The summed E-state index contributed by atoms with van der Waals surface area (Å²) in [5, 5.41) is 0. The van der Waals surface area contributed by atoms with Crippen LogP contribution in [0.1, 0.15) is 57.6 Å². The maximum absolute atomic E-state index is 6.43. The third-order valence-electron chi connectivity index (χ3n) is 6.23. The lowest BCUT2D eigenvalue weighted by Crippen LogP contribution is -2.06. The Kier molecular flexibility index (Phi) is 10.2. The van der Waals surface area contributed by atoms with E-state index in [4.69, 9.17) is 27.9 Å². The number of para-hydroxylation sites is 1. The summed E-state index contributed by atoms with van der Waals surface area (Å²) in [4.78, 5) is 0. The molecule has 0 bridgehead atoms. The molecular formula is C30H36Cl2O. The molecule has 0 N–H and O–H groups in total. The van der Waals surface area contributed by atoms with Gasteiger partial charge in [0.25, 0.3) is 0 Å². The minimum Gasteiger partial charge on any atom is -0.493 e. The van der Waals surface area contributed by atoms with Crippen LogP contribution in [0.4, 0.5) is 0 Å². The Morgan fingerprint density at radius 2 is 1.33 bits per heavy atom. The summed E-state index contributed by atoms with van der Waals surface area (Å²) in [5.74, 6) is 3.23. The molecule has 0 spiro atoms. The van der Waals surface area contributed by atoms with E-state index in [1.165, 1.54) is 19.3 Å². The van der Waals surface area contributed by atoms with Gasteiger partial charge in [-0.1, -0.05) is 88.6 Å². The molecular weight excluding hydrogens is 447 g/mol. The zero-order valence-corrected chi connectivity index (χ0v) is 21.6. The van der Waals surface area contributed by atoms with Crippen LogP contribution >= 0.6 is 23.2 Å². The molecule has 0 aliphatic rings.